The Morgan fingerprint density at radius 1 is 1.06 bits per heavy atom. The molecule has 0 radical (unpaired) electrons. The molecule has 2 heterocycles. The van der Waals surface area contributed by atoms with Gasteiger partial charge in [0.15, 0.2) is 10.9 Å². The van der Waals surface area contributed by atoms with E-state index in [0.29, 0.717) is 46.0 Å². The Hall–Kier alpha value is -4.31. The van der Waals surface area contributed by atoms with Gasteiger partial charge >= 0.3 is 0 Å². The number of rotatable bonds is 10. The van der Waals surface area contributed by atoms with E-state index in [1.807, 2.05) is 4.57 Å². The Kier molecular flexibility index (Phi) is 7.63. The number of hydrogen-bond acceptors (Lipinski definition) is 7. The van der Waals surface area contributed by atoms with E-state index in [1.54, 1.807) is 80.1 Å². The summed E-state index contributed by atoms with van der Waals surface area (Å²) in [7, 11) is 1.58. The maximum Gasteiger partial charge on any atom is 0.255 e. The van der Waals surface area contributed by atoms with Crippen LogP contribution in [0.2, 0.25) is 0 Å². The molecule has 4 aromatic rings. The van der Waals surface area contributed by atoms with Gasteiger partial charge in [-0.1, -0.05) is 17.8 Å². The van der Waals surface area contributed by atoms with Crippen LogP contribution >= 0.6 is 11.8 Å². The van der Waals surface area contributed by atoms with Gasteiger partial charge in [-0.05, 0) is 60.7 Å². The molecule has 4 rings (SSSR count). The summed E-state index contributed by atoms with van der Waals surface area (Å²) in [5, 5.41) is 14.6. The molecule has 9 nitrogen and oxygen atoms in total. The van der Waals surface area contributed by atoms with E-state index in [-0.39, 0.29) is 17.6 Å². The van der Waals surface area contributed by atoms with Gasteiger partial charge < -0.3 is 19.8 Å². The van der Waals surface area contributed by atoms with Gasteiger partial charge in [-0.25, -0.2) is 0 Å². The van der Waals surface area contributed by atoms with Gasteiger partial charge in [0.25, 0.3) is 5.91 Å². The van der Waals surface area contributed by atoms with E-state index >= 15 is 0 Å². The zero-order chi connectivity index (χ0) is 24.6. The number of nitrogens with one attached hydrogen (secondary N) is 2. The Bertz CT molecular complexity index is 1300. The van der Waals surface area contributed by atoms with Gasteiger partial charge in [0, 0.05) is 23.5 Å². The zero-order valence-electron chi connectivity index (χ0n) is 18.9. The first kappa shape index (κ1) is 23.8. The number of benzene rings is 2. The molecule has 0 aliphatic carbocycles. The van der Waals surface area contributed by atoms with Crippen LogP contribution in [-0.2, 0) is 11.3 Å². The number of ether oxygens (including phenoxy) is 1. The molecule has 0 aliphatic rings. The molecule has 2 N–H and O–H groups in total. The number of carbonyl (C=O) groups is 2. The molecular weight excluding hydrogens is 466 g/mol. The Labute approximate surface area is 206 Å². The van der Waals surface area contributed by atoms with Crippen molar-refractivity contribution in [1.29, 1.82) is 0 Å². The van der Waals surface area contributed by atoms with Crippen molar-refractivity contribution in [3.63, 3.8) is 0 Å². The van der Waals surface area contributed by atoms with Crippen molar-refractivity contribution in [2.75, 3.05) is 23.5 Å². The van der Waals surface area contributed by atoms with Gasteiger partial charge in [0.05, 0.1) is 19.1 Å². The largest absolute Gasteiger partial charge is 0.497 e. The van der Waals surface area contributed by atoms with Crippen molar-refractivity contribution in [2.24, 2.45) is 0 Å². The summed E-state index contributed by atoms with van der Waals surface area (Å²) < 4.78 is 12.4. The van der Waals surface area contributed by atoms with Gasteiger partial charge in [-0.3, -0.25) is 14.2 Å². The topological polar surface area (TPSA) is 111 Å². The number of aromatic nitrogens is 3. The molecule has 10 heteroatoms. The minimum Gasteiger partial charge on any atom is -0.497 e. The maximum absolute atomic E-state index is 12.5. The standard InChI is InChI=1S/C25H23N5O4S/c1-3-14-30-23(21-5-4-15-34-21)28-29-25(30)35-16-22(31)26-18-8-6-17(7-9-18)24(32)27-19-10-12-20(33-2)13-11-19/h3-13,15H,1,14,16H2,2H3,(H,26,31)(H,27,32). The second-order valence-electron chi connectivity index (χ2n) is 7.28. The number of furan rings is 1. The van der Waals surface area contributed by atoms with Crippen LogP contribution in [0.25, 0.3) is 11.6 Å². The predicted molar refractivity (Wildman–Crippen MR) is 135 cm³/mol. The van der Waals surface area contributed by atoms with Gasteiger partial charge in [-0.2, -0.15) is 0 Å². The first-order chi connectivity index (χ1) is 17.1. The highest BCUT2D eigenvalue weighted by molar-refractivity contribution is 7.99. The van der Waals surface area contributed by atoms with Crippen molar-refractivity contribution < 1.29 is 18.7 Å². The second kappa shape index (κ2) is 11.2. The van der Waals surface area contributed by atoms with Crippen molar-refractivity contribution in [3.8, 4) is 17.3 Å². The lowest BCUT2D eigenvalue weighted by molar-refractivity contribution is -0.113. The van der Waals surface area contributed by atoms with Crippen LogP contribution in [0.3, 0.4) is 0 Å². The molecule has 2 aromatic carbocycles. The van der Waals surface area contributed by atoms with Crippen LogP contribution < -0.4 is 15.4 Å². The third-order valence-electron chi connectivity index (χ3n) is 4.88. The first-order valence-electron chi connectivity index (χ1n) is 10.6. The number of thioether (sulfide) groups is 1. The average Bonchev–Trinajstić information content (AvgIpc) is 3.54. The maximum atomic E-state index is 12.5. The number of hydrogen-bond donors (Lipinski definition) is 2. The predicted octanol–water partition coefficient (Wildman–Crippen LogP) is 4.72. The lowest BCUT2D eigenvalue weighted by Gasteiger charge is -2.09. The molecule has 2 aromatic heterocycles. The highest BCUT2D eigenvalue weighted by Gasteiger charge is 2.17. The average molecular weight is 490 g/mol. The van der Waals surface area contributed by atoms with Crippen LogP contribution in [0.15, 0.2) is 89.2 Å². The van der Waals surface area contributed by atoms with Crippen molar-refractivity contribution in [2.45, 2.75) is 11.7 Å². The van der Waals surface area contributed by atoms with Gasteiger partial charge in [-0.15, -0.1) is 16.8 Å². The van der Waals surface area contributed by atoms with E-state index < -0.39 is 0 Å². The quantitative estimate of drug-likeness (QED) is 0.245. The van der Waals surface area contributed by atoms with E-state index in [0.717, 1.165) is 0 Å². The SMILES string of the molecule is C=CCn1c(SCC(=O)Nc2ccc(C(=O)Nc3ccc(OC)cc3)cc2)nnc1-c1ccco1. The molecular formula is C25H23N5O4S. The third-order valence-corrected chi connectivity index (χ3v) is 5.85. The van der Waals surface area contributed by atoms with E-state index in [9.17, 15) is 9.59 Å². The molecule has 0 fully saturated rings. The molecule has 0 unspecified atom stereocenters. The lowest BCUT2D eigenvalue weighted by atomic mass is 10.2. The number of amides is 2. The summed E-state index contributed by atoms with van der Waals surface area (Å²) in [6.07, 6.45) is 3.29. The summed E-state index contributed by atoms with van der Waals surface area (Å²) in [6, 6.07) is 17.3. The number of carbonyl (C=O) groups excluding carboxylic acids is 2. The highest BCUT2D eigenvalue weighted by atomic mass is 32.2. The van der Waals surface area contributed by atoms with E-state index in [2.05, 4.69) is 27.4 Å². The van der Waals surface area contributed by atoms with E-state index in [1.165, 1.54) is 11.8 Å². The Morgan fingerprint density at radius 2 is 1.77 bits per heavy atom. The molecule has 0 saturated heterocycles. The fraction of sp³-hybridized carbons (Fsp3) is 0.120. The lowest BCUT2D eigenvalue weighted by Crippen LogP contribution is -2.15. The number of nitrogens with zero attached hydrogens (tertiary/aromatic N) is 3. The van der Waals surface area contributed by atoms with Gasteiger partial charge in [0.2, 0.25) is 11.7 Å². The summed E-state index contributed by atoms with van der Waals surface area (Å²) in [5.74, 6) is 1.54. The molecule has 0 saturated carbocycles. The number of allylic oxidation sites excluding steroid dienone is 1. The molecule has 0 atom stereocenters. The van der Waals surface area contributed by atoms with Crippen molar-refractivity contribution in [1.82, 2.24) is 14.8 Å². The second-order valence-corrected chi connectivity index (χ2v) is 8.22. The number of anilines is 2. The smallest absolute Gasteiger partial charge is 0.255 e. The normalized spacial score (nSPS) is 10.5. The molecule has 2 amide bonds. The first-order valence-corrected chi connectivity index (χ1v) is 11.6. The summed E-state index contributed by atoms with van der Waals surface area (Å²) in [5.41, 5.74) is 1.71. The van der Waals surface area contributed by atoms with Crippen LogP contribution in [0, 0.1) is 0 Å². The van der Waals surface area contributed by atoms with Crippen molar-refractivity contribution >= 4 is 35.0 Å². The molecule has 35 heavy (non-hydrogen) atoms. The minimum absolute atomic E-state index is 0.132. The van der Waals surface area contributed by atoms with Crippen LogP contribution in [0.5, 0.6) is 5.75 Å². The monoisotopic (exact) mass is 489 g/mol. The number of methoxy groups -OCH3 is 1. The molecule has 0 bridgehead atoms. The third kappa shape index (κ3) is 5.98. The fourth-order valence-electron chi connectivity index (χ4n) is 3.19. The Morgan fingerprint density at radius 3 is 2.43 bits per heavy atom. The van der Waals surface area contributed by atoms with Crippen LogP contribution in [-0.4, -0.2) is 39.4 Å². The summed E-state index contributed by atoms with van der Waals surface area (Å²) in [4.78, 5) is 25.0. The fourth-order valence-corrected chi connectivity index (χ4v) is 3.93. The van der Waals surface area contributed by atoms with Crippen LogP contribution in [0.1, 0.15) is 10.4 Å². The Balaban J connectivity index is 1.32. The summed E-state index contributed by atoms with van der Waals surface area (Å²) >= 11 is 1.26. The van der Waals surface area contributed by atoms with Crippen LogP contribution in [0.4, 0.5) is 11.4 Å². The summed E-state index contributed by atoms with van der Waals surface area (Å²) in [6.45, 7) is 4.25. The zero-order valence-corrected chi connectivity index (χ0v) is 19.7. The molecule has 0 aliphatic heterocycles. The van der Waals surface area contributed by atoms with Gasteiger partial charge in [0.1, 0.15) is 5.75 Å². The van der Waals surface area contributed by atoms with Crippen molar-refractivity contribution in [3.05, 3.63) is 85.1 Å². The molecule has 0 spiro atoms. The van der Waals surface area contributed by atoms with E-state index in [4.69, 9.17) is 9.15 Å². The molecule has 178 valence electrons. The minimum atomic E-state index is -0.252. The highest BCUT2D eigenvalue weighted by Crippen LogP contribution is 2.24.